The second-order valence-electron chi connectivity index (χ2n) is 3.34. The van der Waals surface area contributed by atoms with Crippen molar-refractivity contribution in [2.24, 2.45) is 5.73 Å². The van der Waals surface area contributed by atoms with E-state index in [1.807, 2.05) is 25.3 Å². The first-order chi connectivity index (χ1) is 6.67. The Morgan fingerprint density at radius 2 is 2.21 bits per heavy atom. The Bertz CT molecular complexity index is 301. The van der Waals surface area contributed by atoms with Gasteiger partial charge < -0.3 is 5.73 Å². The molecule has 2 N–H and O–H groups in total. The zero-order chi connectivity index (χ0) is 10.6. The van der Waals surface area contributed by atoms with Crippen LogP contribution in [0.5, 0.6) is 0 Å². The van der Waals surface area contributed by atoms with Crippen LogP contribution < -0.4 is 5.73 Å². The molecule has 0 fully saturated rings. The predicted molar refractivity (Wildman–Crippen MR) is 60.2 cm³/mol. The van der Waals surface area contributed by atoms with Crippen molar-refractivity contribution in [1.82, 2.24) is 0 Å². The van der Waals surface area contributed by atoms with E-state index in [9.17, 15) is 4.39 Å². The molecule has 0 aromatic heterocycles. The third-order valence-electron chi connectivity index (χ3n) is 2.24. The van der Waals surface area contributed by atoms with Gasteiger partial charge in [-0.1, -0.05) is 13.0 Å². The van der Waals surface area contributed by atoms with Crippen LogP contribution in [0.15, 0.2) is 23.1 Å². The molecule has 0 spiro atoms. The Labute approximate surface area is 88.9 Å². The summed E-state index contributed by atoms with van der Waals surface area (Å²) < 4.78 is 13.3. The van der Waals surface area contributed by atoms with E-state index in [1.165, 1.54) is 11.8 Å². The molecule has 0 bridgehead atoms. The molecule has 1 atom stereocenters. The normalized spacial score (nSPS) is 12.9. The zero-order valence-electron chi connectivity index (χ0n) is 8.59. The fraction of sp³-hybridized carbons (Fsp3) is 0.455. The predicted octanol–water partition coefficient (Wildman–Crippen LogP) is 2.83. The molecule has 0 heterocycles. The summed E-state index contributed by atoms with van der Waals surface area (Å²) in [7, 11) is 0. The van der Waals surface area contributed by atoms with Gasteiger partial charge in [0, 0.05) is 10.9 Å². The van der Waals surface area contributed by atoms with E-state index in [-0.39, 0.29) is 11.9 Å². The molecule has 0 aliphatic rings. The van der Waals surface area contributed by atoms with Gasteiger partial charge >= 0.3 is 0 Å². The molecule has 1 aromatic rings. The fourth-order valence-corrected chi connectivity index (χ4v) is 1.74. The third-order valence-corrected chi connectivity index (χ3v) is 3.01. The lowest BCUT2D eigenvalue weighted by molar-refractivity contribution is 0.593. The quantitative estimate of drug-likeness (QED) is 0.778. The number of nitrogens with two attached hydrogens (primary N) is 1. The van der Waals surface area contributed by atoms with Crippen molar-refractivity contribution < 1.29 is 4.39 Å². The molecule has 14 heavy (non-hydrogen) atoms. The maximum Gasteiger partial charge on any atom is 0.137 e. The zero-order valence-corrected chi connectivity index (χ0v) is 9.40. The van der Waals surface area contributed by atoms with Gasteiger partial charge in [-0.15, -0.1) is 11.8 Å². The summed E-state index contributed by atoms with van der Waals surface area (Å²) in [5.41, 5.74) is 6.78. The summed E-state index contributed by atoms with van der Waals surface area (Å²) >= 11 is 1.42. The highest BCUT2D eigenvalue weighted by atomic mass is 32.2. The highest BCUT2D eigenvalue weighted by Gasteiger charge is 2.05. The van der Waals surface area contributed by atoms with Gasteiger partial charge in [0.2, 0.25) is 0 Å². The molecule has 0 saturated heterocycles. The second kappa shape index (κ2) is 5.37. The Morgan fingerprint density at radius 1 is 1.50 bits per heavy atom. The molecule has 0 saturated carbocycles. The van der Waals surface area contributed by atoms with Crippen molar-refractivity contribution in [3.8, 4) is 0 Å². The fourth-order valence-electron chi connectivity index (χ4n) is 1.28. The van der Waals surface area contributed by atoms with Crippen molar-refractivity contribution in [3.63, 3.8) is 0 Å². The van der Waals surface area contributed by atoms with E-state index < -0.39 is 0 Å². The number of halogens is 1. The van der Waals surface area contributed by atoms with Crippen molar-refractivity contribution >= 4 is 11.8 Å². The van der Waals surface area contributed by atoms with Crippen molar-refractivity contribution in [3.05, 3.63) is 29.6 Å². The Hall–Kier alpha value is -0.540. The lowest BCUT2D eigenvalue weighted by Crippen LogP contribution is -2.21. The smallest absolute Gasteiger partial charge is 0.137 e. The average Bonchev–Trinajstić information content (AvgIpc) is 2.18. The van der Waals surface area contributed by atoms with Crippen LogP contribution >= 0.6 is 11.8 Å². The van der Waals surface area contributed by atoms with Gasteiger partial charge in [-0.05, 0) is 36.8 Å². The van der Waals surface area contributed by atoms with Crippen LogP contribution in [0.2, 0.25) is 0 Å². The maximum absolute atomic E-state index is 13.3. The first kappa shape index (κ1) is 11.5. The van der Waals surface area contributed by atoms with Crippen molar-refractivity contribution in [2.75, 3.05) is 6.26 Å². The second-order valence-corrected chi connectivity index (χ2v) is 4.19. The molecule has 0 radical (unpaired) electrons. The monoisotopic (exact) mass is 213 g/mol. The number of thioether (sulfide) groups is 1. The highest BCUT2D eigenvalue weighted by molar-refractivity contribution is 7.98. The molecular weight excluding hydrogens is 197 g/mol. The molecule has 1 rings (SSSR count). The van der Waals surface area contributed by atoms with Crippen LogP contribution in [0.3, 0.4) is 0 Å². The SMILES string of the molecule is CCC(N)Cc1ccc(SC)c(F)c1. The van der Waals surface area contributed by atoms with E-state index in [2.05, 4.69) is 0 Å². The molecule has 1 unspecified atom stereocenters. The molecule has 1 aromatic carbocycles. The van der Waals surface area contributed by atoms with Gasteiger partial charge in [0.15, 0.2) is 0 Å². The highest BCUT2D eigenvalue weighted by Crippen LogP contribution is 2.20. The van der Waals surface area contributed by atoms with Crippen LogP contribution in [0.25, 0.3) is 0 Å². The summed E-state index contributed by atoms with van der Waals surface area (Å²) in [6.45, 7) is 2.04. The first-order valence-corrected chi connectivity index (χ1v) is 5.97. The van der Waals surface area contributed by atoms with E-state index in [0.29, 0.717) is 4.90 Å². The van der Waals surface area contributed by atoms with Crippen LogP contribution in [-0.2, 0) is 6.42 Å². The standard InChI is InChI=1S/C11H16FNS/c1-3-9(13)6-8-4-5-11(14-2)10(12)7-8/h4-5,7,9H,3,6,13H2,1-2H3. The molecular formula is C11H16FNS. The Kier molecular flexibility index (Phi) is 4.42. The number of benzene rings is 1. The average molecular weight is 213 g/mol. The van der Waals surface area contributed by atoms with E-state index >= 15 is 0 Å². The summed E-state index contributed by atoms with van der Waals surface area (Å²) in [5.74, 6) is -0.140. The van der Waals surface area contributed by atoms with Crippen molar-refractivity contribution in [1.29, 1.82) is 0 Å². The number of rotatable bonds is 4. The van der Waals surface area contributed by atoms with E-state index in [1.54, 1.807) is 6.07 Å². The minimum absolute atomic E-state index is 0.134. The molecule has 1 nitrogen and oxygen atoms in total. The number of hydrogen-bond donors (Lipinski definition) is 1. The van der Waals surface area contributed by atoms with Gasteiger partial charge in [-0.2, -0.15) is 0 Å². The van der Waals surface area contributed by atoms with E-state index in [0.717, 1.165) is 18.4 Å². The van der Waals surface area contributed by atoms with Crippen LogP contribution in [0, 0.1) is 5.82 Å². The molecule has 0 amide bonds. The lowest BCUT2D eigenvalue weighted by Gasteiger charge is -2.09. The Morgan fingerprint density at radius 3 is 2.71 bits per heavy atom. The topological polar surface area (TPSA) is 26.0 Å². The summed E-state index contributed by atoms with van der Waals surface area (Å²) in [5, 5.41) is 0. The third kappa shape index (κ3) is 3.00. The minimum atomic E-state index is -0.140. The van der Waals surface area contributed by atoms with Crippen LogP contribution in [0.1, 0.15) is 18.9 Å². The van der Waals surface area contributed by atoms with Crippen LogP contribution in [-0.4, -0.2) is 12.3 Å². The first-order valence-electron chi connectivity index (χ1n) is 4.75. The van der Waals surface area contributed by atoms with Crippen LogP contribution in [0.4, 0.5) is 4.39 Å². The Balaban J connectivity index is 2.76. The van der Waals surface area contributed by atoms with Gasteiger partial charge in [0.25, 0.3) is 0 Å². The van der Waals surface area contributed by atoms with Crippen molar-refractivity contribution in [2.45, 2.75) is 30.7 Å². The molecule has 3 heteroatoms. The van der Waals surface area contributed by atoms with Gasteiger partial charge in [0.05, 0.1) is 0 Å². The maximum atomic E-state index is 13.3. The van der Waals surface area contributed by atoms with Gasteiger partial charge in [-0.25, -0.2) is 4.39 Å². The number of hydrogen-bond acceptors (Lipinski definition) is 2. The molecule has 0 aliphatic heterocycles. The largest absolute Gasteiger partial charge is 0.327 e. The van der Waals surface area contributed by atoms with Gasteiger partial charge in [-0.3, -0.25) is 0 Å². The molecule has 78 valence electrons. The summed E-state index contributed by atoms with van der Waals surface area (Å²) in [4.78, 5) is 0.693. The minimum Gasteiger partial charge on any atom is -0.327 e. The van der Waals surface area contributed by atoms with Gasteiger partial charge in [0.1, 0.15) is 5.82 Å². The summed E-state index contributed by atoms with van der Waals surface area (Å²) in [6, 6.07) is 5.48. The summed E-state index contributed by atoms with van der Waals surface area (Å²) in [6.07, 6.45) is 3.55. The lowest BCUT2D eigenvalue weighted by atomic mass is 10.0. The molecule has 0 aliphatic carbocycles. The van der Waals surface area contributed by atoms with E-state index in [4.69, 9.17) is 5.73 Å².